The highest BCUT2D eigenvalue weighted by Gasteiger charge is 2.28. The second-order valence-electron chi connectivity index (χ2n) is 11.9. The molecule has 2 amide bonds. The van der Waals surface area contributed by atoms with Gasteiger partial charge in [0.25, 0.3) is 11.8 Å². The van der Waals surface area contributed by atoms with E-state index in [9.17, 15) is 9.59 Å². The molecule has 0 spiro atoms. The lowest BCUT2D eigenvalue weighted by molar-refractivity contribution is -0.122. The Kier molecular flexibility index (Phi) is 8.48. The first-order valence-corrected chi connectivity index (χ1v) is 16.9. The lowest BCUT2D eigenvalue weighted by Gasteiger charge is -2.30. The van der Waals surface area contributed by atoms with Crippen LogP contribution >= 0.6 is 23.2 Å². The van der Waals surface area contributed by atoms with Gasteiger partial charge < -0.3 is 19.3 Å². The van der Waals surface area contributed by atoms with Crippen molar-refractivity contribution in [3.63, 3.8) is 0 Å². The summed E-state index contributed by atoms with van der Waals surface area (Å²) in [5.41, 5.74) is 6.27. The Morgan fingerprint density at radius 3 is 1.42 bits per heavy atom. The number of aromatic nitrogens is 4. The Labute approximate surface area is 298 Å². The summed E-state index contributed by atoms with van der Waals surface area (Å²) < 4.78 is 15.3. The Morgan fingerprint density at radius 2 is 1.00 bits per heavy atom. The highest BCUT2D eigenvalue weighted by molar-refractivity contribution is 6.39. The minimum atomic E-state index is -0.103. The van der Waals surface area contributed by atoms with Gasteiger partial charge in [0.05, 0.1) is 34.5 Å². The van der Waals surface area contributed by atoms with Crippen LogP contribution in [-0.4, -0.2) is 57.7 Å². The van der Waals surface area contributed by atoms with Crippen molar-refractivity contribution in [2.45, 2.75) is 13.1 Å². The summed E-state index contributed by atoms with van der Waals surface area (Å²) in [6.45, 7) is 1.99. The van der Waals surface area contributed by atoms with Crippen molar-refractivity contribution < 1.29 is 19.1 Å². The van der Waals surface area contributed by atoms with Crippen molar-refractivity contribution in [3.8, 4) is 44.9 Å². The van der Waals surface area contributed by atoms with Crippen LogP contribution in [0.4, 0.5) is 11.4 Å². The van der Waals surface area contributed by atoms with Crippen molar-refractivity contribution in [2.75, 3.05) is 36.1 Å². The summed E-state index contributed by atoms with van der Waals surface area (Å²) in [6, 6.07) is 26.9. The predicted molar refractivity (Wildman–Crippen MR) is 193 cm³/mol. The minimum Gasteiger partial charge on any atom is -0.482 e. The molecular weight excluding hydrogens is 675 g/mol. The molecule has 0 unspecified atom stereocenters. The monoisotopic (exact) mass is 704 g/mol. The quantitative estimate of drug-likeness (QED) is 0.158. The van der Waals surface area contributed by atoms with Gasteiger partial charge in [0, 0.05) is 60.1 Å². The molecule has 2 aliphatic rings. The second kappa shape index (κ2) is 13.4. The van der Waals surface area contributed by atoms with Crippen molar-refractivity contribution in [3.05, 3.63) is 120 Å². The van der Waals surface area contributed by atoms with Crippen LogP contribution in [-0.2, 0) is 22.7 Å². The summed E-state index contributed by atoms with van der Waals surface area (Å²) in [5, 5.41) is 9.56. The molecule has 0 saturated heterocycles. The number of rotatable bonds is 9. The van der Waals surface area contributed by atoms with Gasteiger partial charge in [-0.05, 0) is 47.5 Å². The molecule has 0 atom stereocenters. The zero-order chi connectivity index (χ0) is 34.2. The van der Waals surface area contributed by atoms with Gasteiger partial charge in [-0.25, -0.2) is 0 Å². The fraction of sp³-hybridized carbons (Fsp3) is 0.158. The normalized spacial score (nSPS) is 13.9. The molecule has 50 heavy (non-hydrogen) atoms. The van der Waals surface area contributed by atoms with E-state index < -0.39 is 0 Å². The highest BCUT2D eigenvalue weighted by Crippen LogP contribution is 2.45. The first kappa shape index (κ1) is 31.7. The summed E-state index contributed by atoms with van der Waals surface area (Å²) in [5.74, 6) is 1.02. The SMILES string of the molecule is O=C1COc2cc(-c3cccc(-c4cccc(-c5ccc6c(c5)OCC(=O)N6CCn5cccn5)c4Cl)c3Cl)ccc2N1CCn1cccn1. The molecule has 2 aromatic heterocycles. The lowest BCUT2D eigenvalue weighted by atomic mass is 9.95. The van der Waals surface area contributed by atoms with Gasteiger partial charge in [-0.3, -0.25) is 19.0 Å². The number of hydrogen-bond acceptors (Lipinski definition) is 6. The van der Waals surface area contributed by atoms with E-state index >= 15 is 0 Å². The van der Waals surface area contributed by atoms with Gasteiger partial charge >= 0.3 is 0 Å². The molecule has 0 N–H and O–H groups in total. The van der Waals surface area contributed by atoms with E-state index in [2.05, 4.69) is 10.2 Å². The smallest absolute Gasteiger partial charge is 0.265 e. The summed E-state index contributed by atoms with van der Waals surface area (Å²) in [6.07, 6.45) is 7.18. The molecule has 4 heterocycles. The summed E-state index contributed by atoms with van der Waals surface area (Å²) >= 11 is 14.3. The zero-order valence-corrected chi connectivity index (χ0v) is 28.2. The van der Waals surface area contributed by atoms with Crippen LogP contribution in [0.5, 0.6) is 11.5 Å². The maximum Gasteiger partial charge on any atom is 0.265 e. The Bertz CT molecular complexity index is 2060. The molecule has 10 nitrogen and oxygen atoms in total. The minimum absolute atomic E-state index is 0.0426. The number of carbonyl (C=O) groups excluding carboxylic acids is 2. The van der Waals surface area contributed by atoms with Gasteiger partial charge in [-0.1, -0.05) is 71.7 Å². The second-order valence-corrected chi connectivity index (χ2v) is 12.7. The molecule has 8 rings (SSSR count). The van der Waals surface area contributed by atoms with Crippen LogP contribution in [0.25, 0.3) is 33.4 Å². The average Bonchev–Trinajstić information content (AvgIpc) is 3.86. The van der Waals surface area contributed by atoms with E-state index in [0.717, 1.165) is 33.4 Å². The van der Waals surface area contributed by atoms with Gasteiger partial charge in [0.1, 0.15) is 11.5 Å². The predicted octanol–water partition coefficient (Wildman–Crippen LogP) is 7.24. The molecule has 0 bridgehead atoms. The van der Waals surface area contributed by atoms with Gasteiger partial charge in [0.15, 0.2) is 13.2 Å². The van der Waals surface area contributed by atoms with Gasteiger partial charge in [0.2, 0.25) is 0 Å². The third-order valence-electron chi connectivity index (χ3n) is 8.94. The summed E-state index contributed by atoms with van der Waals surface area (Å²) in [7, 11) is 0. The van der Waals surface area contributed by atoms with E-state index in [4.69, 9.17) is 32.7 Å². The maximum absolute atomic E-state index is 12.8. The fourth-order valence-electron chi connectivity index (χ4n) is 6.43. The van der Waals surface area contributed by atoms with Crippen molar-refractivity contribution in [2.24, 2.45) is 0 Å². The Morgan fingerprint density at radius 1 is 0.560 bits per heavy atom. The van der Waals surface area contributed by atoms with Gasteiger partial charge in [-0.2, -0.15) is 10.2 Å². The first-order chi connectivity index (χ1) is 24.4. The number of anilines is 2. The van der Waals surface area contributed by atoms with Crippen molar-refractivity contribution in [1.82, 2.24) is 19.6 Å². The third kappa shape index (κ3) is 5.97. The summed E-state index contributed by atoms with van der Waals surface area (Å²) in [4.78, 5) is 29.0. The molecule has 0 radical (unpaired) electrons. The highest BCUT2D eigenvalue weighted by atomic mass is 35.5. The van der Waals surface area contributed by atoms with Crippen LogP contribution in [0.15, 0.2) is 110 Å². The molecule has 0 aliphatic carbocycles. The maximum atomic E-state index is 12.8. The standard InChI is InChI=1S/C38H30Cl2N6O4/c39-37-27(25-9-11-31-33(21-25)49-23-35(47)45(31)19-17-43-15-3-13-41-43)5-1-7-29(37)30-8-2-6-28(38(30)40)26-10-12-32-34(22-26)50-24-36(48)46(32)20-18-44-16-4-14-42-44/h1-16,21-22H,17-20,23-24H2. The largest absolute Gasteiger partial charge is 0.482 e. The van der Waals surface area contributed by atoms with Crippen LogP contribution in [0.2, 0.25) is 10.0 Å². The number of ether oxygens (including phenoxy) is 2. The Hall–Kier alpha value is -5.58. The number of amides is 2. The van der Waals surface area contributed by atoms with E-state index in [0.29, 0.717) is 59.1 Å². The topological polar surface area (TPSA) is 94.7 Å². The first-order valence-electron chi connectivity index (χ1n) is 16.1. The van der Waals surface area contributed by atoms with Gasteiger partial charge in [-0.15, -0.1) is 0 Å². The number of carbonyl (C=O) groups is 2. The van der Waals surface area contributed by atoms with Crippen LogP contribution < -0.4 is 19.3 Å². The average molecular weight is 706 g/mol. The Balaban J connectivity index is 1.07. The fourth-order valence-corrected chi connectivity index (χ4v) is 7.10. The number of fused-ring (bicyclic) bond motifs is 2. The number of nitrogens with zero attached hydrogens (tertiary/aromatic N) is 6. The van der Waals surface area contributed by atoms with Crippen LogP contribution in [0, 0.1) is 0 Å². The number of halogens is 2. The number of hydrogen-bond donors (Lipinski definition) is 0. The molecule has 0 fully saturated rings. The van der Waals surface area contributed by atoms with Crippen LogP contribution in [0.1, 0.15) is 0 Å². The molecule has 2 aliphatic heterocycles. The lowest BCUT2D eigenvalue weighted by Crippen LogP contribution is -2.40. The van der Waals surface area contributed by atoms with E-state index in [1.807, 2.05) is 97.3 Å². The van der Waals surface area contributed by atoms with Crippen molar-refractivity contribution in [1.29, 1.82) is 0 Å². The van der Waals surface area contributed by atoms with E-state index in [1.54, 1.807) is 31.6 Å². The molecule has 12 heteroatoms. The zero-order valence-electron chi connectivity index (χ0n) is 26.7. The van der Waals surface area contributed by atoms with E-state index in [1.165, 1.54) is 0 Å². The molecule has 250 valence electrons. The third-order valence-corrected chi connectivity index (χ3v) is 9.75. The molecule has 0 saturated carbocycles. The molecular formula is C38H30Cl2N6O4. The van der Waals surface area contributed by atoms with Crippen molar-refractivity contribution >= 4 is 46.4 Å². The molecule has 6 aromatic rings. The van der Waals surface area contributed by atoms with E-state index in [-0.39, 0.29) is 25.0 Å². The number of benzene rings is 4. The van der Waals surface area contributed by atoms with Crippen LogP contribution in [0.3, 0.4) is 0 Å². The molecule has 4 aromatic carbocycles.